The summed E-state index contributed by atoms with van der Waals surface area (Å²) >= 11 is 0. The van der Waals surface area contributed by atoms with Crippen molar-refractivity contribution in [3.63, 3.8) is 0 Å². The van der Waals surface area contributed by atoms with Crippen LogP contribution in [0.3, 0.4) is 0 Å². The van der Waals surface area contributed by atoms with Gasteiger partial charge in [-0.25, -0.2) is 4.98 Å². The van der Waals surface area contributed by atoms with Gasteiger partial charge >= 0.3 is 0 Å². The Morgan fingerprint density at radius 2 is 1.70 bits per heavy atom. The van der Waals surface area contributed by atoms with Crippen LogP contribution in [0.25, 0.3) is 0 Å². The van der Waals surface area contributed by atoms with Gasteiger partial charge < -0.3 is 14.8 Å². The van der Waals surface area contributed by atoms with E-state index in [1.165, 1.54) is 0 Å². The zero-order chi connectivity index (χ0) is 22.6. The van der Waals surface area contributed by atoms with E-state index in [1.807, 2.05) is 65.2 Å². The van der Waals surface area contributed by atoms with Crippen LogP contribution in [0.2, 0.25) is 0 Å². The van der Waals surface area contributed by atoms with Gasteiger partial charge in [0.2, 0.25) is 0 Å². The van der Waals surface area contributed by atoms with Crippen LogP contribution < -0.4 is 5.32 Å². The van der Waals surface area contributed by atoms with E-state index in [0.717, 1.165) is 11.1 Å². The van der Waals surface area contributed by atoms with Crippen molar-refractivity contribution >= 4 is 11.8 Å². The molecule has 0 radical (unpaired) electrons. The number of aromatic nitrogens is 3. The maximum atomic E-state index is 13.4. The predicted molar refractivity (Wildman–Crippen MR) is 123 cm³/mol. The summed E-state index contributed by atoms with van der Waals surface area (Å²) in [6.07, 6.45) is 5.00. The van der Waals surface area contributed by atoms with Crippen molar-refractivity contribution in [1.29, 1.82) is 0 Å². The second kappa shape index (κ2) is 9.08. The quantitative estimate of drug-likeness (QED) is 0.519. The largest absolute Gasteiger partial charge is 0.347 e. The molecule has 7 heteroatoms. The highest BCUT2D eigenvalue weighted by atomic mass is 16.2. The van der Waals surface area contributed by atoms with Crippen LogP contribution in [-0.2, 0) is 13.1 Å². The summed E-state index contributed by atoms with van der Waals surface area (Å²) < 4.78 is 1.97. The molecule has 33 heavy (non-hydrogen) atoms. The molecule has 0 saturated carbocycles. The minimum absolute atomic E-state index is 0.110. The third-order valence-corrected chi connectivity index (χ3v) is 5.76. The minimum atomic E-state index is -0.400. The number of fused-ring (bicyclic) bond motifs is 1. The Labute approximate surface area is 191 Å². The van der Waals surface area contributed by atoms with Crippen molar-refractivity contribution in [3.05, 3.63) is 120 Å². The normalized spacial score (nSPS) is 15.0. The van der Waals surface area contributed by atoms with Crippen molar-refractivity contribution < 1.29 is 9.59 Å². The molecular weight excluding hydrogens is 414 g/mol. The smallest absolute Gasteiger partial charge is 0.271 e. The molecule has 1 aliphatic rings. The molecule has 0 aliphatic carbocycles. The Kier molecular flexibility index (Phi) is 5.68. The van der Waals surface area contributed by atoms with Gasteiger partial charge in [-0.2, -0.15) is 0 Å². The lowest BCUT2D eigenvalue weighted by Gasteiger charge is -2.36. The van der Waals surface area contributed by atoms with Gasteiger partial charge in [0, 0.05) is 38.2 Å². The van der Waals surface area contributed by atoms with Crippen LogP contribution in [0.1, 0.15) is 43.8 Å². The van der Waals surface area contributed by atoms with Gasteiger partial charge in [0.15, 0.2) is 0 Å². The molecule has 2 aromatic carbocycles. The Hall–Kier alpha value is -4.26. The number of carbonyl (C=O) groups excluding carboxylic acids is 2. The fourth-order valence-electron chi connectivity index (χ4n) is 4.13. The molecule has 164 valence electrons. The van der Waals surface area contributed by atoms with E-state index in [0.29, 0.717) is 36.7 Å². The zero-order valence-corrected chi connectivity index (χ0v) is 18.0. The van der Waals surface area contributed by atoms with Crippen molar-refractivity contribution in [2.75, 3.05) is 6.54 Å². The van der Waals surface area contributed by atoms with E-state index in [2.05, 4.69) is 15.3 Å². The van der Waals surface area contributed by atoms with Gasteiger partial charge in [0.05, 0.1) is 5.56 Å². The number of rotatable bonds is 5. The van der Waals surface area contributed by atoms with Crippen LogP contribution in [0, 0.1) is 0 Å². The van der Waals surface area contributed by atoms with Crippen LogP contribution in [0.15, 0.2) is 91.4 Å². The molecule has 1 N–H and O–H groups in total. The summed E-state index contributed by atoms with van der Waals surface area (Å²) in [5.41, 5.74) is 2.83. The van der Waals surface area contributed by atoms with Gasteiger partial charge in [-0.1, -0.05) is 60.7 Å². The molecule has 3 heterocycles. The molecule has 4 aromatic rings. The fraction of sp³-hybridized carbons (Fsp3) is 0.154. The van der Waals surface area contributed by atoms with E-state index in [4.69, 9.17) is 0 Å². The molecule has 0 fully saturated rings. The number of hydrogen-bond donors (Lipinski definition) is 1. The number of imidazole rings is 1. The third-order valence-electron chi connectivity index (χ3n) is 5.76. The van der Waals surface area contributed by atoms with Crippen molar-refractivity contribution in [1.82, 2.24) is 24.8 Å². The first-order valence-corrected chi connectivity index (χ1v) is 10.9. The zero-order valence-electron chi connectivity index (χ0n) is 18.0. The second-order valence-electron chi connectivity index (χ2n) is 7.90. The highest BCUT2D eigenvalue weighted by Gasteiger charge is 2.35. The van der Waals surface area contributed by atoms with Crippen LogP contribution >= 0.6 is 0 Å². The molecule has 0 bridgehead atoms. The highest BCUT2D eigenvalue weighted by Crippen LogP contribution is 2.32. The van der Waals surface area contributed by atoms with E-state index in [9.17, 15) is 9.59 Å². The first-order chi connectivity index (χ1) is 16.2. The lowest BCUT2D eigenvalue weighted by molar-refractivity contribution is 0.0658. The van der Waals surface area contributed by atoms with Gasteiger partial charge in [-0.3, -0.25) is 14.6 Å². The number of carbonyl (C=O) groups is 2. The topological polar surface area (TPSA) is 80.1 Å². The van der Waals surface area contributed by atoms with Crippen molar-refractivity contribution in [3.8, 4) is 0 Å². The molecule has 1 atom stereocenters. The van der Waals surface area contributed by atoms with Crippen molar-refractivity contribution in [2.24, 2.45) is 0 Å². The summed E-state index contributed by atoms with van der Waals surface area (Å²) in [4.78, 5) is 36.8. The lowest BCUT2D eigenvalue weighted by Crippen LogP contribution is -2.42. The second-order valence-corrected chi connectivity index (χ2v) is 7.90. The monoisotopic (exact) mass is 437 g/mol. The predicted octanol–water partition coefficient (Wildman–Crippen LogP) is 3.45. The summed E-state index contributed by atoms with van der Waals surface area (Å²) in [7, 11) is 0. The number of pyridine rings is 1. The van der Waals surface area contributed by atoms with E-state index in [-0.39, 0.29) is 11.8 Å². The standard InChI is InChI=1S/C26H23N5O2/c32-25(28-16-19-8-3-1-4-9-19)22-18-30-14-15-31(26(33)21-12-7-13-27-17-21)23(24(30)29-22)20-10-5-2-6-11-20/h1-13,17-18,23H,14-16H2,(H,28,32). The Balaban J connectivity index is 1.45. The first kappa shape index (κ1) is 20.6. The molecule has 2 aromatic heterocycles. The average Bonchev–Trinajstić information content (AvgIpc) is 3.32. The maximum absolute atomic E-state index is 13.4. The summed E-state index contributed by atoms with van der Waals surface area (Å²) in [5.74, 6) is 0.327. The van der Waals surface area contributed by atoms with Crippen LogP contribution in [-0.4, -0.2) is 37.8 Å². The number of hydrogen-bond acceptors (Lipinski definition) is 4. The summed E-state index contributed by atoms with van der Waals surface area (Å²) in [6.45, 7) is 1.49. The van der Waals surface area contributed by atoms with Gasteiger partial charge in [-0.05, 0) is 23.3 Å². The molecule has 1 unspecified atom stereocenters. The van der Waals surface area contributed by atoms with Gasteiger partial charge in [0.1, 0.15) is 17.6 Å². The Morgan fingerprint density at radius 3 is 2.42 bits per heavy atom. The molecular formula is C26H23N5O2. The molecule has 0 saturated heterocycles. The molecule has 7 nitrogen and oxygen atoms in total. The highest BCUT2D eigenvalue weighted by molar-refractivity contribution is 5.95. The van der Waals surface area contributed by atoms with E-state index >= 15 is 0 Å². The SMILES string of the molecule is O=C(NCc1ccccc1)c1cn2c(n1)C(c1ccccc1)N(C(=O)c1cccnc1)CC2. The minimum Gasteiger partial charge on any atom is -0.347 e. The molecule has 5 rings (SSSR count). The lowest BCUT2D eigenvalue weighted by atomic mass is 10.0. The number of nitrogens with one attached hydrogen (secondary N) is 1. The number of nitrogens with zero attached hydrogens (tertiary/aromatic N) is 4. The average molecular weight is 438 g/mol. The first-order valence-electron chi connectivity index (χ1n) is 10.9. The summed E-state index contributed by atoms with van der Waals surface area (Å²) in [5, 5.41) is 2.94. The van der Waals surface area contributed by atoms with Gasteiger partial charge in [-0.15, -0.1) is 0 Å². The number of benzene rings is 2. The Morgan fingerprint density at radius 1 is 0.939 bits per heavy atom. The van der Waals surface area contributed by atoms with Gasteiger partial charge in [0.25, 0.3) is 11.8 Å². The summed E-state index contributed by atoms with van der Waals surface area (Å²) in [6, 6.07) is 22.7. The molecule has 2 amide bonds. The van der Waals surface area contributed by atoms with Crippen LogP contribution in [0.4, 0.5) is 0 Å². The maximum Gasteiger partial charge on any atom is 0.271 e. The Bertz CT molecular complexity index is 1260. The van der Waals surface area contributed by atoms with E-state index in [1.54, 1.807) is 35.6 Å². The molecule has 0 spiro atoms. The fourth-order valence-corrected chi connectivity index (χ4v) is 4.13. The van der Waals surface area contributed by atoms with Crippen molar-refractivity contribution in [2.45, 2.75) is 19.1 Å². The third kappa shape index (κ3) is 4.25. The van der Waals surface area contributed by atoms with Crippen LogP contribution in [0.5, 0.6) is 0 Å². The molecule has 1 aliphatic heterocycles. The number of amides is 2. The van der Waals surface area contributed by atoms with E-state index < -0.39 is 6.04 Å².